The van der Waals surface area contributed by atoms with E-state index in [0.717, 1.165) is 16.1 Å². The van der Waals surface area contributed by atoms with E-state index in [1.807, 2.05) is 31.5 Å². The van der Waals surface area contributed by atoms with Gasteiger partial charge in [0, 0.05) is 29.7 Å². The summed E-state index contributed by atoms with van der Waals surface area (Å²) in [5, 5.41) is 8.87. The van der Waals surface area contributed by atoms with Crippen LogP contribution in [0.25, 0.3) is 0 Å². The molecule has 5 nitrogen and oxygen atoms in total. The molecule has 2 aromatic rings. The Labute approximate surface area is 110 Å². The number of aromatic nitrogens is 2. The highest BCUT2D eigenvalue weighted by molar-refractivity contribution is 7.10. The van der Waals surface area contributed by atoms with Crippen LogP contribution in [-0.4, -0.2) is 15.7 Å². The van der Waals surface area contributed by atoms with Gasteiger partial charge in [0.2, 0.25) is 5.91 Å². The van der Waals surface area contributed by atoms with Crippen molar-refractivity contribution in [3.63, 3.8) is 0 Å². The molecular formula is C12H16N4OS. The highest BCUT2D eigenvalue weighted by atomic mass is 32.1. The quantitative estimate of drug-likeness (QED) is 0.868. The van der Waals surface area contributed by atoms with Crippen LogP contribution in [0.4, 0.5) is 0 Å². The summed E-state index contributed by atoms with van der Waals surface area (Å²) in [6.07, 6.45) is 1.76. The monoisotopic (exact) mass is 264 g/mol. The fourth-order valence-electron chi connectivity index (χ4n) is 1.61. The Morgan fingerprint density at radius 3 is 3.00 bits per heavy atom. The van der Waals surface area contributed by atoms with Crippen LogP contribution in [0.2, 0.25) is 0 Å². The number of carbonyl (C=O) groups excluding carboxylic acids is 1. The lowest BCUT2D eigenvalue weighted by atomic mass is 10.2. The number of nitrogens with zero attached hydrogens (tertiary/aromatic N) is 2. The highest BCUT2D eigenvalue weighted by Gasteiger charge is 2.16. The second-order valence-corrected chi connectivity index (χ2v) is 5.07. The molecule has 2 aromatic heterocycles. The number of nitrogens with two attached hydrogens (primary N) is 1. The molecule has 2 heterocycles. The lowest BCUT2D eigenvalue weighted by molar-refractivity contribution is -0.122. The molecule has 0 saturated carbocycles. The number of amides is 1. The number of rotatable bonds is 4. The average Bonchev–Trinajstić information content (AvgIpc) is 2.99. The van der Waals surface area contributed by atoms with Gasteiger partial charge in [-0.3, -0.25) is 9.48 Å². The van der Waals surface area contributed by atoms with E-state index in [1.165, 1.54) is 11.3 Å². The van der Waals surface area contributed by atoms with E-state index in [0.29, 0.717) is 6.54 Å². The second kappa shape index (κ2) is 5.32. The number of thiophene rings is 1. The number of hydrogen-bond acceptors (Lipinski definition) is 4. The zero-order chi connectivity index (χ0) is 13.1. The van der Waals surface area contributed by atoms with Gasteiger partial charge < -0.3 is 11.1 Å². The van der Waals surface area contributed by atoms with Crippen LogP contribution in [0.3, 0.4) is 0 Å². The molecule has 1 atom stereocenters. The Kier molecular flexibility index (Phi) is 3.78. The third kappa shape index (κ3) is 2.60. The third-order valence-electron chi connectivity index (χ3n) is 2.92. The molecule has 6 heteroatoms. The normalized spacial score (nSPS) is 12.4. The van der Waals surface area contributed by atoms with Crippen molar-refractivity contribution in [3.8, 4) is 0 Å². The molecule has 0 aliphatic rings. The van der Waals surface area contributed by atoms with Gasteiger partial charge in [0.15, 0.2) is 0 Å². The Morgan fingerprint density at radius 2 is 2.44 bits per heavy atom. The molecule has 0 saturated heterocycles. The predicted octanol–water partition coefficient (Wildman–Crippen LogP) is 1.11. The minimum atomic E-state index is -0.595. The van der Waals surface area contributed by atoms with Gasteiger partial charge in [-0.1, -0.05) is 6.07 Å². The van der Waals surface area contributed by atoms with Crippen molar-refractivity contribution < 1.29 is 4.79 Å². The van der Waals surface area contributed by atoms with E-state index in [2.05, 4.69) is 10.4 Å². The van der Waals surface area contributed by atoms with Gasteiger partial charge in [0.05, 0.1) is 6.20 Å². The summed E-state index contributed by atoms with van der Waals surface area (Å²) < 4.78 is 1.78. The molecule has 0 bridgehead atoms. The molecule has 0 radical (unpaired) electrons. The molecule has 96 valence electrons. The summed E-state index contributed by atoms with van der Waals surface area (Å²) in [6, 6.07) is 3.16. The van der Waals surface area contributed by atoms with Crippen LogP contribution < -0.4 is 11.1 Å². The van der Waals surface area contributed by atoms with E-state index in [-0.39, 0.29) is 5.91 Å². The van der Waals surface area contributed by atoms with Crippen molar-refractivity contribution in [3.05, 3.63) is 39.8 Å². The highest BCUT2D eigenvalue weighted by Crippen LogP contribution is 2.16. The Balaban J connectivity index is 1.94. The SMILES string of the molecule is Cc1c(CNC(=O)C(N)c2cccs2)cnn1C. The Morgan fingerprint density at radius 1 is 1.67 bits per heavy atom. The first kappa shape index (κ1) is 12.8. The van der Waals surface area contributed by atoms with Crippen molar-refractivity contribution in [1.82, 2.24) is 15.1 Å². The van der Waals surface area contributed by atoms with Crippen molar-refractivity contribution >= 4 is 17.2 Å². The van der Waals surface area contributed by atoms with Gasteiger partial charge in [-0.25, -0.2) is 0 Å². The standard InChI is InChI=1S/C12H16N4OS/c1-8-9(7-15-16(8)2)6-14-12(17)11(13)10-4-3-5-18-10/h3-5,7,11H,6,13H2,1-2H3,(H,14,17). The summed E-state index contributed by atoms with van der Waals surface area (Å²) >= 11 is 1.49. The van der Waals surface area contributed by atoms with Gasteiger partial charge in [0.1, 0.15) is 6.04 Å². The topological polar surface area (TPSA) is 72.9 Å². The van der Waals surface area contributed by atoms with Gasteiger partial charge in [-0.05, 0) is 18.4 Å². The number of aryl methyl sites for hydroxylation is 1. The van der Waals surface area contributed by atoms with E-state index in [1.54, 1.807) is 10.9 Å². The molecule has 0 spiro atoms. The Bertz CT molecular complexity index is 532. The molecule has 0 aliphatic heterocycles. The molecular weight excluding hydrogens is 248 g/mol. The van der Waals surface area contributed by atoms with E-state index in [4.69, 9.17) is 5.73 Å². The molecule has 1 amide bonds. The number of carbonyl (C=O) groups is 1. The third-order valence-corrected chi connectivity index (χ3v) is 3.88. The maximum atomic E-state index is 11.9. The number of hydrogen-bond donors (Lipinski definition) is 2. The second-order valence-electron chi connectivity index (χ2n) is 4.09. The minimum absolute atomic E-state index is 0.166. The Hall–Kier alpha value is -1.66. The molecule has 0 aromatic carbocycles. The molecule has 0 aliphatic carbocycles. The molecule has 0 fully saturated rings. The first-order valence-electron chi connectivity index (χ1n) is 5.63. The molecule has 18 heavy (non-hydrogen) atoms. The van der Waals surface area contributed by atoms with Crippen LogP contribution in [0.15, 0.2) is 23.7 Å². The zero-order valence-electron chi connectivity index (χ0n) is 10.4. The van der Waals surface area contributed by atoms with Gasteiger partial charge >= 0.3 is 0 Å². The fraction of sp³-hybridized carbons (Fsp3) is 0.333. The average molecular weight is 264 g/mol. The molecule has 3 N–H and O–H groups in total. The lowest BCUT2D eigenvalue weighted by Gasteiger charge is -2.10. The summed E-state index contributed by atoms with van der Waals surface area (Å²) in [5.41, 5.74) is 7.91. The molecule has 1 unspecified atom stereocenters. The zero-order valence-corrected chi connectivity index (χ0v) is 11.2. The van der Waals surface area contributed by atoms with Gasteiger partial charge in [-0.15, -0.1) is 11.3 Å². The van der Waals surface area contributed by atoms with Crippen molar-refractivity contribution in [2.24, 2.45) is 12.8 Å². The van der Waals surface area contributed by atoms with Crippen LogP contribution in [0.5, 0.6) is 0 Å². The maximum Gasteiger partial charge on any atom is 0.242 e. The van der Waals surface area contributed by atoms with E-state index in [9.17, 15) is 4.79 Å². The maximum absolute atomic E-state index is 11.9. The largest absolute Gasteiger partial charge is 0.350 e. The molecule has 2 rings (SSSR count). The summed E-state index contributed by atoms with van der Waals surface area (Å²) in [6.45, 7) is 2.42. The smallest absolute Gasteiger partial charge is 0.242 e. The van der Waals surface area contributed by atoms with Crippen LogP contribution in [0.1, 0.15) is 22.2 Å². The predicted molar refractivity (Wildman–Crippen MR) is 71.0 cm³/mol. The minimum Gasteiger partial charge on any atom is -0.350 e. The van der Waals surface area contributed by atoms with Crippen molar-refractivity contribution in [1.29, 1.82) is 0 Å². The summed E-state index contributed by atoms with van der Waals surface area (Å²) in [7, 11) is 1.87. The van der Waals surface area contributed by atoms with E-state index < -0.39 is 6.04 Å². The van der Waals surface area contributed by atoms with Gasteiger partial charge in [-0.2, -0.15) is 5.10 Å². The van der Waals surface area contributed by atoms with E-state index >= 15 is 0 Å². The summed E-state index contributed by atoms with van der Waals surface area (Å²) in [4.78, 5) is 12.7. The fourth-order valence-corrected chi connectivity index (χ4v) is 2.33. The van der Waals surface area contributed by atoms with Gasteiger partial charge in [0.25, 0.3) is 0 Å². The lowest BCUT2D eigenvalue weighted by Crippen LogP contribution is -2.33. The number of nitrogens with one attached hydrogen (secondary N) is 1. The first-order chi connectivity index (χ1) is 8.59. The van der Waals surface area contributed by atoms with Crippen molar-refractivity contribution in [2.45, 2.75) is 19.5 Å². The first-order valence-corrected chi connectivity index (χ1v) is 6.51. The van der Waals surface area contributed by atoms with Crippen LogP contribution >= 0.6 is 11.3 Å². The van der Waals surface area contributed by atoms with Crippen LogP contribution in [0, 0.1) is 6.92 Å². The van der Waals surface area contributed by atoms with Crippen molar-refractivity contribution in [2.75, 3.05) is 0 Å². The van der Waals surface area contributed by atoms with Crippen LogP contribution in [-0.2, 0) is 18.4 Å². The summed E-state index contributed by atoms with van der Waals surface area (Å²) in [5.74, 6) is -0.166.